The van der Waals surface area contributed by atoms with Gasteiger partial charge in [-0.25, -0.2) is 0 Å². The van der Waals surface area contributed by atoms with E-state index in [2.05, 4.69) is 24.3 Å². The maximum atomic E-state index is 12.4. The van der Waals surface area contributed by atoms with Crippen molar-refractivity contribution in [3.05, 3.63) is 81.4 Å². The number of carbonyl (C=O) groups is 2. The smallest absolute Gasteiger partial charge is 0.182 e. The van der Waals surface area contributed by atoms with Gasteiger partial charge in [0.1, 0.15) is 7.85 Å². The molecule has 0 unspecified atom stereocenters. The van der Waals surface area contributed by atoms with Crippen molar-refractivity contribution < 1.29 is 9.59 Å². The number of rotatable bonds is 0. The van der Waals surface area contributed by atoms with E-state index in [0.717, 1.165) is 51.8 Å². The molecule has 0 atom stereocenters. The van der Waals surface area contributed by atoms with E-state index in [9.17, 15) is 9.59 Å². The minimum Gasteiger partial charge on any atom is -0.290 e. The van der Waals surface area contributed by atoms with Crippen LogP contribution in [0, 0.1) is 0 Å². The molecule has 0 amide bonds. The average Bonchev–Trinajstić information content (AvgIpc) is 2.59. The van der Waals surface area contributed by atoms with Crippen LogP contribution in [0.4, 0.5) is 0 Å². The van der Waals surface area contributed by atoms with E-state index in [0.29, 0.717) is 12.8 Å². The molecule has 0 N–H and O–H groups in total. The minimum absolute atomic E-state index is 0.124. The van der Waals surface area contributed by atoms with Crippen LogP contribution in [0.15, 0.2) is 81.4 Å². The highest BCUT2D eigenvalue weighted by atomic mass is 16.1. The second kappa shape index (κ2) is 5.34. The molecule has 3 heteroatoms. The zero-order valence-electron chi connectivity index (χ0n) is 13.2. The van der Waals surface area contributed by atoms with Crippen molar-refractivity contribution in [2.24, 2.45) is 0 Å². The first-order valence-corrected chi connectivity index (χ1v) is 8.11. The van der Waals surface area contributed by atoms with Crippen LogP contribution in [0.2, 0.25) is 0 Å². The number of hydrogen-bond donors (Lipinski definition) is 0. The van der Waals surface area contributed by atoms with Crippen LogP contribution in [0.25, 0.3) is 0 Å². The van der Waals surface area contributed by atoms with E-state index >= 15 is 0 Å². The molecule has 0 spiro atoms. The highest BCUT2D eigenvalue weighted by molar-refractivity contribution is 6.41. The molecule has 2 nitrogen and oxygen atoms in total. The maximum Gasteiger partial charge on any atom is 0.182 e. The lowest BCUT2D eigenvalue weighted by molar-refractivity contribution is -0.112. The fraction of sp³-hybridized carbons (Fsp3) is 0.200. The molecule has 0 aliphatic heterocycles. The standard InChI is InChI=1S/C20H17BO2/c21-18-11-17(13-6-2-4-8-16(13)20(18)23)14-9-10-19(22)15-7-3-1-5-12(14)15/h1-4,9-11H,5-8,21H2/b17-14+. The van der Waals surface area contributed by atoms with E-state index in [1.807, 2.05) is 20.0 Å². The molecule has 0 aromatic heterocycles. The number of ketones is 2. The molecule has 0 saturated heterocycles. The molecule has 0 heterocycles. The Bertz CT molecular complexity index is 854. The highest BCUT2D eigenvalue weighted by Gasteiger charge is 2.28. The van der Waals surface area contributed by atoms with Crippen LogP contribution in [0.3, 0.4) is 0 Å². The molecular formula is C20H17BO2. The third kappa shape index (κ3) is 2.19. The summed E-state index contributed by atoms with van der Waals surface area (Å²) in [4.78, 5) is 24.6. The second-order valence-electron chi connectivity index (χ2n) is 6.35. The van der Waals surface area contributed by atoms with E-state index in [1.54, 1.807) is 6.08 Å². The van der Waals surface area contributed by atoms with E-state index < -0.39 is 0 Å². The summed E-state index contributed by atoms with van der Waals surface area (Å²) < 4.78 is 0. The molecular weight excluding hydrogens is 283 g/mol. The average molecular weight is 300 g/mol. The normalized spacial score (nSPS) is 26.5. The zero-order chi connectivity index (χ0) is 16.0. The molecule has 0 saturated carbocycles. The van der Waals surface area contributed by atoms with Crippen molar-refractivity contribution in [1.29, 1.82) is 0 Å². The molecule has 23 heavy (non-hydrogen) atoms. The van der Waals surface area contributed by atoms with Gasteiger partial charge in [-0.3, -0.25) is 9.59 Å². The largest absolute Gasteiger partial charge is 0.290 e. The summed E-state index contributed by atoms with van der Waals surface area (Å²) in [6.45, 7) is 0. The minimum atomic E-state index is 0.124. The highest BCUT2D eigenvalue weighted by Crippen LogP contribution is 2.40. The van der Waals surface area contributed by atoms with Crippen molar-refractivity contribution in [3.63, 3.8) is 0 Å². The van der Waals surface area contributed by atoms with Gasteiger partial charge >= 0.3 is 0 Å². The zero-order valence-corrected chi connectivity index (χ0v) is 13.2. The fourth-order valence-corrected chi connectivity index (χ4v) is 3.78. The molecule has 0 bridgehead atoms. The SMILES string of the molecule is BC1=C/C(=C2/C=CC(=O)C3=C2CC=CC3)C2=C(CC=CC2)C1=O. The van der Waals surface area contributed by atoms with Gasteiger partial charge in [0.15, 0.2) is 11.6 Å². The van der Waals surface area contributed by atoms with Crippen LogP contribution in [0.5, 0.6) is 0 Å². The van der Waals surface area contributed by atoms with Gasteiger partial charge < -0.3 is 0 Å². The first-order chi connectivity index (χ1) is 11.2. The van der Waals surface area contributed by atoms with Gasteiger partial charge in [0.05, 0.1) is 0 Å². The van der Waals surface area contributed by atoms with Crippen molar-refractivity contribution >= 4 is 19.4 Å². The summed E-state index contributed by atoms with van der Waals surface area (Å²) in [5, 5.41) is 0. The third-order valence-electron chi connectivity index (χ3n) is 4.98. The first-order valence-electron chi connectivity index (χ1n) is 8.11. The number of carbonyl (C=O) groups excluding carboxylic acids is 2. The van der Waals surface area contributed by atoms with Crippen LogP contribution in [0.1, 0.15) is 25.7 Å². The Kier molecular flexibility index (Phi) is 3.30. The summed E-state index contributed by atoms with van der Waals surface area (Å²) in [7, 11) is 1.89. The predicted molar refractivity (Wildman–Crippen MR) is 93.6 cm³/mol. The lowest BCUT2D eigenvalue weighted by Gasteiger charge is -2.27. The van der Waals surface area contributed by atoms with Crippen LogP contribution < -0.4 is 0 Å². The van der Waals surface area contributed by atoms with Crippen molar-refractivity contribution in [1.82, 2.24) is 0 Å². The van der Waals surface area contributed by atoms with Gasteiger partial charge in [0.2, 0.25) is 0 Å². The van der Waals surface area contributed by atoms with Crippen molar-refractivity contribution in [2.45, 2.75) is 25.7 Å². The van der Waals surface area contributed by atoms with Gasteiger partial charge in [0.25, 0.3) is 0 Å². The lowest BCUT2D eigenvalue weighted by atomic mass is 9.72. The Labute approximate surface area is 136 Å². The number of hydrogen-bond acceptors (Lipinski definition) is 2. The van der Waals surface area contributed by atoms with Gasteiger partial charge in [-0.1, -0.05) is 36.5 Å². The molecule has 4 rings (SSSR count). The molecule has 0 radical (unpaired) electrons. The Balaban J connectivity index is 1.94. The summed E-state index contributed by atoms with van der Waals surface area (Å²) in [6, 6.07) is 0. The maximum absolute atomic E-state index is 12.4. The summed E-state index contributed by atoms with van der Waals surface area (Å²) in [5.74, 6) is 0.293. The third-order valence-corrected chi connectivity index (χ3v) is 4.98. The van der Waals surface area contributed by atoms with Crippen molar-refractivity contribution in [2.75, 3.05) is 0 Å². The molecule has 4 aliphatic rings. The molecule has 0 aromatic carbocycles. The van der Waals surface area contributed by atoms with Gasteiger partial charge in [0, 0.05) is 11.1 Å². The van der Waals surface area contributed by atoms with Crippen LogP contribution in [-0.4, -0.2) is 19.4 Å². The Morgan fingerprint density at radius 3 is 1.96 bits per heavy atom. The summed E-state index contributed by atoms with van der Waals surface area (Å²) >= 11 is 0. The Hall–Kier alpha value is -2.42. The van der Waals surface area contributed by atoms with Gasteiger partial charge in [-0.05, 0) is 59.5 Å². The monoisotopic (exact) mass is 300 g/mol. The summed E-state index contributed by atoms with van der Waals surface area (Å²) in [5.41, 5.74) is 7.16. The quantitative estimate of drug-likeness (QED) is 0.509. The second-order valence-corrected chi connectivity index (χ2v) is 6.35. The number of Topliss-reactive ketones (excluding diaryl/α,β-unsaturated/α-hetero) is 1. The van der Waals surface area contributed by atoms with E-state index in [4.69, 9.17) is 0 Å². The predicted octanol–water partition coefficient (Wildman–Crippen LogP) is 2.81. The first kappa shape index (κ1) is 14.2. The number of allylic oxidation sites excluding steroid dienone is 14. The molecule has 112 valence electrons. The van der Waals surface area contributed by atoms with Gasteiger partial charge in [-0.15, -0.1) is 0 Å². The fourth-order valence-electron chi connectivity index (χ4n) is 3.78. The lowest BCUT2D eigenvalue weighted by Crippen LogP contribution is -2.19. The molecule has 0 fully saturated rings. The molecule has 4 aliphatic carbocycles. The van der Waals surface area contributed by atoms with E-state index in [1.165, 1.54) is 0 Å². The van der Waals surface area contributed by atoms with Crippen LogP contribution >= 0.6 is 0 Å². The molecule has 0 aromatic rings. The Morgan fingerprint density at radius 2 is 1.26 bits per heavy atom. The van der Waals surface area contributed by atoms with Crippen LogP contribution in [-0.2, 0) is 9.59 Å². The van der Waals surface area contributed by atoms with Crippen molar-refractivity contribution in [3.8, 4) is 0 Å². The summed E-state index contributed by atoms with van der Waals surface area (Å²) in [6.07, 6.45) is 17.1. The Morgan fingerprint density at radius 1 is 0.696 bits per heavy atom. The topological polar surface area (TPSA) is 34.1 Å². The van der Waals surface area contributed by atoms with Gasteiger partial charge in [-0.2, -0.15) is 0 Å². The van der Waals surface area contributed by atoms with E-state index in [-0.39, 0.29) is 11.6 Å².